The van der Waals surface area contributed by atoms with Crippen LogP contribution in [-0.2, 0) is 16.2 Å². The van der Waals surface area contributed by atoms with Gasteiger partial charge in [0, 0.05) is 11.8 Å². The predicted octanol–water partition coefficient (Wildman–Crippen LogP) is 7.03. The van der Waals surface area contributed by atoms with Crippen molar-refractivity contribution in [2.24, 2.45) is 11.3 Å². The predicted molar refractivity (Wildman–Crippen MR) is 115 cm³/mol. The topological polar surface area (TPSA) is 12.9 Å². The Morgan fingerprint density at radius 3 is 1.89 bits per heavy atom. The SMILES string of the molecule is CC(C)C1(c2cc3c(cc2-c2ccccn2)C(C)(C)C(C)(C)C3(C)C)CC1. The van der Waals surface area contributed by atoms with E-state index in [4.69, 9.17) is 4.98 Å². The number of hydrogen-bond donors (Lipinski definition) is 0. The van der Waals surface area contributed by atoms with Gasteiger partial charge in [0.2, 0.25) is 0 Å². The molecule has 27 heavy (non-hydrogen) atoms. The third kappa shape index (κ3) is 2.27. The summed E-state index contributed by atoms with van der Waals surface area (Å²) in [5.74, 6) is 0.656. The largest absolute Gasteiger partial charge is 0.256 e. The zero-order chi connectivity index (χ0) is 19.8. The van der Waals surface area contributed by atoms with E-state index in [0.29, 0.717) is 11.3 Å². The number of fused-ring (bicyclic) bond motifs is 1. The van der Waals surface area contributed by atoms with Gasteiger partial charge in [-0.3, -0.25) is 4.98 Å². The van der Waals surface area contributed by atoms with Crippen LogP contribution in [0.4, 0.5) is 0 Å². The molecule has 1 saturated carbocycles. The molecule has 0 saturated heterocycles. The molecule has 1 heteroatoms. The molecule has 0 N–H and O–H groups in total. The van der Waals surface area contributed by atoms with E-state index in [0.717, 1.165) is 5.69 Å². The second kappa shape index (κ2) is 5.46. The molecule has 2 aliphatic rings. The highest BCUT2D eigenvalue weighted by molar-refractivity contribution is 5.71. The van der Waals surface area contributed by atoms with Crippen LogP contribution in [0, 0.1) is 11.3 Å². The molecule has 1 aromatic heterocycles. The Hall–Kier alpha value is -1.63. The number of benzene rings is 1. The van der Waals surface area contributed by atoms with E-state index in [9.17, 15) is 0 Å². The van der Waals surface area contributed by atoms with Crippen LogP contribution < -0.4 is 0 Å². The smallest absolute Gasteiger partial charge is 0.0705 e. The highest BCUT2D eigenvalue weighted by atomic mass is 14.7. The van der Waals surface area contributed by atoms with Crippen LogP contribution in [0.1, 0.15) is 84.9 Å². The molecular formula is C26H35N. The minimum absolute atomic E-state index is 0.127. The van der Waals surface area contributed by atoms with Crippen LogP contribution in [0.3, 0.4) is 0 Å². The van der Waals surface area contributed by atoms with E-state index >= 15 is 0 Å². The lowest BCUT2D eigenvalue weighted by atomic mass is 9.59. The van der Waals surface area contributed by atoms with Crippen LogP contribution in [0.15, 0.2) is 36.5 Å². The van der Waals surface area contributed by atoms with Crippen molar-refractivity contribution >= 4 is 0 Å². The van der Waals surface area contributed by atoms with Gasteiger partial charge in [-0.15, -0.1) is 0 Å². The lowest BCUT2D eigenvalue weighted by Gasteiger charge is -2.44. The first-order valence-corrected chi connectivity index (χ1v) is 10.6. The first kappa shape index (κ1) is 18.7. The normalized spacial score (nSPS) is 23.3. The van der Waals surface area contributed by atoms with Gasteiger partial charge in [0.1, 0.15) is 0 Å². The van der Waals surface area contributed by atoms with Crippen LogP contribution in [-0.4, -0.2) is 4.98 Å². The van der Waals surface area contributed by atoms with E-state index in [1.807, 2.05) is 12.3 Å². The molecule has 1 nitrogen and oxygen atoms in total. The lowest BCUT2D eigenvalue weighted by molar-refractivity contribution is 0.125. The molecule has 0 unspecified atom stereocenters. The van der Waals surface area contributed by atoms with E-state index in [2.05, 4.69) is 79.7 Å². The summed E-state index contributed by atoms with van der Waals surface area (Å²) in [7, 11) is 0. The maximum absolute atomic E-state index is 4.76. The van der Waals surface area contributed by atoms with Crippen LogP contribution in [0.5, 0.6) is 0 Å². The second-order valence-corrected chi connectivity index (χ2v) is 10.8. The molecule has 4 rings (SSSR count). The molecule has 0 aliphatic heterocycles. The number of pyridine rings is 1. The van der Waals surface area contributed by atoms with E-state index in [-0.39, 0.29) is 16.2 Å². The van der Waals surface area contributed by atoms with Crippen molar-refractivity contribution < 1.29 is 0 Å². The van der Waals surface area contributed by atoms with E-state index in [1.54, 1.807) is 5.56 Å². The third-order valence-electron chi connectivity index (χ3n) is 9.00. The summed E-state index contributed by atoms with van der Waals surface area (Å²) in [6.07, 6.45) is 4.54. The minimum Gasteiger partial charge on any atom is -0.256 e. The summed E-state index contributed by atoms with van der Waals surface area (Å²) in [5.41, 5.74) is 7.89. The standard InChI is InChI=1S/C26H35N/c1-17(2)26(12-13-26)19-16-21-20(15-18(19)22-11-9-10-14-27-22)23(3,4)25(7,8)24(21,5)6/h9-11,14-17H,12-13H2,1-8H3. The highest BCUT2D eigenvalue weighted by Gasteiger charge is 2.58. The average molecular weight is 362 g/mol. The fourth-order valence-electron chi connectivity index (χ4n) is 5.53. The number of nitrogens with zero attached hydrogens (tertiary/aromatic N) is 1. The summed E-state index contributed by atoms with van der Waals surface area (Å²) >= 11 is 0. The van der Waals surface area contributed by atoms with Gasteiger partial charge in [0.15, 0.2) is 0 Å². The summed E-state index contributed by atoms with van der Waals surface area (Å²) in [4.78, 5) is 4.76. The Balaban J connectivity index is 2.05. The van der Waals surface area contributed by atoms with Crippen LogP contribution in [0.25, 0.3) is 11.3 Å². The zero-order valence-corrected chi connectivity index (χ0v) is 18.4. The van der Waals surface area contributed by atoms with Gasteiger partial charge in [-0.2, -0.15) is 0 Å². The highest BCUT2D eigenvalue weighted by Crippen LogP contribution is 2.64. The van der Waals surface area contributed by atoms with Crippen molar-refractivity contribution in [3.05, 3.63) is 53.2 Å². The molecule has 0 atom stereocenters. The Morgan fingerprint density at radius 1 is 0.815 bits per heavy atom. The first-order chi connectivity index (χ1) is 12.5. The molecular weight excluding hydrogens is 326 g/mol. The van der Waals surface area contributed by atoms with Crippen molar-refractivity contribution in [1.29, 1.82) is 0 Å². The second-order valence-electron chi connectivity index (χ2n) is 10.8. The maximum Gasteiger partial charge on any atom is 0.0705 e. The molecule has 0 radical (unpaired) electrons. The van der Waals surface area contributed by atoms with Crippen molar-refractivity contribution in [3.8, 4) is 11.3 Å². The Bertz CT molecular complexity index is 880. The number of rotatable bonds is 3. The quantitative estimate of drug-likeness (QED) is 0.572. The van der Waals surface area contributed by atoms with Gasteiger partial charge < -0.3 is 0 Å². The molecule has 1 heterocycles. The van der Waals surface area contributed by atoms with Crippen molar-refractivity contribution in [1.82, 2.24) is 4.98 Å². The van der Waals surface area contributed by atoms with E-state index < -0.39 is 0 Å². The molecule has 1 aromatic carbocycles. The number of hydrogen-bond acceptors (Lipinski definition) is 1. The van der Waals surface area contributed by atoms with Crippen LogP contribution >= 0.6 is 0 Å². The molecule has 0 spiro atoms. The Labute approximate surface area is 165 Å². The Kier molecular flexibility index (Phi) is 3.79. The molecule has 0 amide bonds. The number of aromatic nitrogens is 1. The van der Waals surface area contributed by atoms with Gasteiger partial charge in [-0.05, 0) is 75.3 Å². The Morgan fingerprint density at radius 2 is 1.41 bits per heavy atom. The zero-order valence-electron chi connectivity index (χ0n) is 18.4. The summed E-state index contributed by atoms with van der Waals surface area (Å²) in [6, 6.07) is 11.4. The molecule has 2 aromatic rings. The van der Waals surface area contributed by atoms with Gasteiger partial charge in [-0.25, -0.2) is 0 Å². The van der Waals surface area contributed by atoms with Crippen LogP contribution in [0.2, 0.25) is 0 Å². The fraction of sp³-hybridized carbons (Fsp3) is 0.577. The fourth-order valence-corrected chi connectivity index (χ4v) is 5.53. The molecule has 0 bridgehead atoms. The van der Waals surface area contributed by atoms with Gasteiger partial charge in [0.05, 0.1) is 5.69 Å². The lowest BCUT2D eigenvalue weighted by Crippen LogP contribution is -2.42. The van der Waals surface area contributed by atoms with Gasteiger partial charge in [-0.1, -0.05) is 67.5 Å². The molecule has 2 aliphatic carbocycles. The third-order valence-corrected chi connectivity index (χ3v) is 9.00. The van der Waals surface area contributed by atoms with Gasteiger partial charge in [0.25, 0.3) is 0 Å². The summed E-state index contributed by atoms with van der Waals surface area (Å²) in [5, 5.41) is 0. The maximum atomic E-state index is 4.76. The summed E-state index contributed by atoms with van der Waals surface area (Å²) in [6.45, 7) is 19.4. The molecule has 144 valence electrons. The van der Waals surface area contributed by atoms with Crippen molar-refractivity contribution in [3.63, 3.8) is 0 Å². The van der Waals surface area contributed by atoms with Crippen molar-refractivity contribution in [2.45, 2.75) is 84.5 Å². The summed E-state index contributed by atoms with van der Waals surface area (Å²) < 4.78 is 0. The monoisotopic (exact) mass is 361 g/mol. The van der Waals surface area contributed by atoms with E-state index in [1.165, 1.54) is 29.5 Å². The first-order valence-electron chi connectivity index (χ1n) is 10.6. The van der Waals surface area contributed by atoms with Crippen molar-refractivity contribution in [2.75, 3.05) is 0 Å². The average Bonchev–Trinajstić information content (AvgIpc) is 3.41. The molecule has 1 fully saturated rings. The minimum atomic E-state index is 0.127. The van der Waals surface area contributed by atoms with Gasteiger partial charge >= 0.3 is 0 Å².